The Morgan fingerprint density at radius 3 is 1.48 bits per heavy atom. The Morgan fingerprint density at radius 2 is 1.07 bits per heavy atom. The Balaban J connectivity index is 0. The van der Waals surface area contributed by atoms with Crippen molar-refractivity contribution in [2.45, 2.75) is 134 Å². The first-order valence-corrected chi connectivity index (χ1v) is 12.5. The van der Waals surface area contributed by atoms with Gasteiger partial charge in [-0.05, 0) is 25.7 Å². The van der Waals surface area contributed by atoms with E-state index >= 15 is 0 Å². The molecule has 158 valence electrons. The van der Waals surface area contributed by atoms with E-state index in [2.05, 4.69) is 6.92 Å². The van der Waals surface area contributed by atoms with Crippen LogP contribution in [-0.4, -0.2) is 29.4 Å². The molecule has 0 aliphatic carbocycles. The maximum Gasteiger partial charge on any atom is 1.00 e. The first-order valence-electron chi connectivity index (χ1n) is 11.0. The molecule has 6 heteroatoms. The van der Waals surface area contributed by atoms with Crippen molar-refractivity contribution >= 4 is 10.1 Å². The molecule has 2 unspecified atom stereocenters. The quantitative estimate of drug-likeness (QED) is 0.194. The minimum absolute atomic E-state index is 0. The average molecular weight is 431 g/mol. The second-order valence-electron chi connectivity index (χ2n) is 7.81. The molecule has 0 spiro atoms. The molecule has 0 aromatic rings. The van der Waals surface area contributed by atoms with Crippen molar-refractivity contribution in [2.75, 3.05) is 0 Å². The number of aliphatic hydroxyl groups is 1. The van der Waals surface area contributed by atoms with E-state index in [-0.39, 0.29) is 57.5 Å². The van der Waals surface area contributed by atoms with Crippen LogP contribution in [-0.2, 0) is 10.1 Å². The molecule has 0 aromatic carbocycles. The van der Waals surface area contributed by atoms with Crippen molar-refractivity contribution in [2.24, 2.45) is 0 Å². The molecule has 0 saturated carbocycles. The molecule has 0 aliphatic heterocycles. The molecular formula is C21H43KO4S. The smallest absolute Gasteiger partial charge is 0.748 e. The van der Waals surface area contributed by atoms with Crippen LogP contribution in [0.25, 0.3) is 0 Å². The number of hydrogen-bond acceptors (Lipinski definition) is 4. The normalized spacial score (nSPS) is 13.9. The van der Waals surface area contributed by atoms with Crippen molar-refractivity contribution in [3.63, 3.8) is 0 Å². The summed E-state index contributed by atoms with van der Waals surface area (Å²) in [4.78, 5) is 0. The van der Waals surface area contributed by atoms with Crippen LogP contribution < -0.4 is 51.4 Å². The van der Waals surface area contributed by atoms with Gasteiger partial charge in [0.15, 0.2) is 0 Å². The SMILES string of the molecule is CCCCCCCCCCC(O)CCCCCCC(CCC)S(=O)(=O)[O-].[K+]. The minimum Gasteiger partial charge on any atom is -0.748 e. The Kier molecular flexibility index (Phi) is 23.6. The first kappa shape index (κ1) is 30.7. The summed E-state index contributed by atoms with van der Waals surface area (Å²) >= 11 is 0. The van der Waals surface area contributed by atoms with Crippen LogP contribution in [0, 0.1) is 0 Å². The molecular weight excluding hydrogens is 387 g/mol. The van der Waals surface area contributed by atoms with Gasteiger partial charge in [0.25, 0.3) is 0 Å². The van der Waals surface area contributed by atoms with Gasteiger partial charge in [-0.2, -0.15) is 0 Å². The molecule has 27 heavy (non-hydrogen) atoms. The van der Waals surface area contributed by atoms with E-state index in [1.54, 1.807) is 0 Å². The zero-order valence-electron chi connectivity index (χ0n) is 18.3. The fraction of sp³-hybridized carbons (Fsp3) is 1.00. The van der Waals surface area contributed by atoms with Crippen LogP contribution in [0.4, 0.5) is 0 Å². The Hall–Kier alpha value is 1.51. The van der Waals surface area contributed by atoms with Crippen molar-refractivity contribution in [3.8, 4) is 0 Å². The van der Waals surface area contributed by atoms with Crippen molar-refractivity contribution in [1.29, 1.82) is 0 Å². The fourth-order valence-corrected chi connectivity index (χ4v) is 4.50. The van der Waals surface area contributed by atoms with Gasteiger partial charge in [0.1, 0.15) is 0 Å². The van der Waals surface area contributed by atoms with E-state index in [0.29, 0.717) is 12.8 Å². The molecule has 0 radical (unpaired) electrons. The molecule has 4 nitrogen and oxygen atoms in total. The standard InChI is InChI=1S/C21H44O4S.K/c1-3-5-6-7-8-9-10-13-17-20(22)18-14-11-12-15-19-21(16-4-2)26(23,24)25;/h20-22H,3-19H2,1-2H3,(H,23,24,25);/q;+1/p-1. The van der Waals surface area contributed by atoms with E-state index in [1.165, 1.54) is 44.9 Å². The third-order valence-electron chi connectivity index (χ3n) is 5.22. The predicted molar refractivity (Wildman–Crippen MR) is 109 cm³/mol. The second kappa shape index (κ2) is 20.8. The van der Waals surface area contributed by atoms with Crippen LogP contribution in [0.1, 0.15) is 123 Å². The first-order chi connectivity index (χ1) is 12.4. The van der Waals surface area contributed by atoms with Crippen LogP contribution in [0.5, 0.6) is 0 Å². The molecule has 0 aromatic heterocycles. The summed E-state index contributed by atoms with van der Waals surface area (Å²) in [6.45, 7) is 4.15. The summed E-state index contributed by atoms with van der Waals surface area (Å²) in [5.74, 6) is 0. The maximum atomic E-state index is 11.2. The molecule has 2 atom stereocenters. The van der Waals surface area contributed by atoms with Gasteiger partial charge in [0.05, 0.1) is 16.2 Å². The predicted octanol–water partition coefficient (Wildman–Crippen LogP) is 2.94. The van der Waals surface area contributed by atoms with Crippen LogP contribution in [0.3, 0.4) is 0 Å². The van der Waals surface area contributed by atoms with Gasteiger partial charge < -0.3 is 9.66 Å². The summed E-state index contributed by atoms with van der Waals surface area (Å²) < 4.78 is 33.5. The van der Waals surface area contributed by atoms with Gasteiger partial charge in [-0.25, -0.2) is 8.42 Å². The zero-order chi connectivity index (χ0) is 19.7. The number of aliphatic hydroxyl groups excluding tert-OH is 1. The summed E-state index contributed by atoms with van der Waals surface area (Å²) in [6.07, 6.45) is 17.3. The molecule has 0 amide bonds. The molecule has 0 aliphatic rings. The summed E-state index contributed by atoms with van der Waals surface area (Å²) in [6, 6.07) is 0. The summed E-state index contributed by atoms with van der Waals surface area (Å²) in [5.41, 5.74) is 0. The van der Waals surface area contributed by atoms with Crippen molar-refractivity contribution in [3.05, 3.63) is 0 Å². The fourth-order valence-electron chi connectivity index (χ4n) is 3.52. The average Bonchev–Trinajstić information content (AvgIpc) is 2.58. The zero-order valence-corrected chi connectivity index (χ0v) is 22.2. The number of unbranched alkanes of at least 4 members (excludes halogenated alkanes) is 10. The van der Waals surface area contributed by atoms with E-state index in [1.807, 2.05) is 6.92 Å². The van der Waals surface area contributed by atoms with E-state index in [0.717, 1.165) is 51.4 Å². The van der Waals surface area contributed by atoms with Crippen LogP contribution in [0.15, 0.2) is 0 Å². The second-order valence-corrected chi connectivity index (χ2v) is 9.46. The van der Waals surface area contributed by atoms with Gasteiger partial charge in [0, 0.05) is 5.25 Å². The van der Waals surface area contributed by atoms with Gasteiger partial charge >= 0.3 is 51.4 Å². The third-order valence-corrected chi connectivity index (χ3v) is 6.51. The van der Waals surface area contributed by atoms with Gasteiger partial charge in [0.2, 0.25) is 0 Å². The molecule has 0 heterocycles. The monoisotopic (exact) mass is 430 g/mol. The summed E-state index contributed by atoms with van der Waals surface area (Å²) in [7, 11) is -4.15. The van der Waals surface area contributed by atoms with E-state index < -0.39 is 15.4 Å². The Morgan fingerprint density at radius 1 is 0.667 bits per heavy atom. The largest absolute Gasteiger partial charge is 1.00 e. The van der Waals surface area contributed by atoms with Crippen LogP contribution >= 0.6 is 0 Å². The summed E-state index contributed by atoms with van der Waals surface area (Å²) in [5, 5.41) is 9.31. The third kappa shape index (κ3) is 20.6. The number of hydrogen-bond donors (Lipinski definition) is 1. The molecule has 0 fully saturated rings. The number of rotatable bonds is 19. The molecule has 0 rings (SSSR count). The van der Waals surface area contributed by atoms with Crippen LogP contribution in [0.2, 0.25) is 0 Å². The topological polar surface area (TPSA) is 77.4 Å². The minimum atomic E-state index is -4.15. The Labute approximate surface area is 211 Å². The van der Waals surface area contributed by atoms with E-state index in [4.69, 9.17) is 0 Å². The molecule has 0 saturated heterocycles. The van der Waals surface area contributed by atoms with Gasteiger partial charge in [-0.1, -0.05) is 97.3 Å². The molecule has 0 bridgehead atoms. The molecule has 1 N–H and O–H groups in total. The van der Waals surface area contributed by atoms with E-state index in [9.17, 15) is 18.1 Å². The van der Waals surface area contributed by atoms with Crippen molar-refractivity contribution in [1.82, 2.24) is 0 Å². The maximum absolute atomic E-state index is 11.2. The van der Waals surface area contributed by atoms with Gasteiger partial charge in [-0.3, -0.25) is 0 Å². The van der Waals surface area contributed by atoms with Crippen molar-refractivity contribution < 1.29 is 69.5 Å². The Bertz CT molecular complexity index is 401. The van der Waals surface area contributed by atoms with Gasteiger partial charge in [-0.15, -0.1) is 0 Å².